The molecule has 0 aromatic heterocycles. The molecule has 0 saturated carbocycles. The van der Waals surface area contributed by atoms with E-state index in [1.807, 2.05) is 5.32 Å². The van der Waals surface area contributed by atoms with Crippen molar-refractivity contribution in [2.75, 3.05) is 0 Å². The topological polar surface area (TPSA) is 428 Å². The number of hydrogen-bond acceptors (Lipinski definition) is 14. The first kappa shape index (κ1) is 59.0. The minimum absolute atomic E-state index is 0.00807. The quantitative estimate of drug-likeness (QED) is 0.0386. The summed E-state index contributed by atoms with van der Waals surface area (Å²) in [6.45, 7) is 7.26. The maximum atomic E-state index is 14.2. The average molecular weight is 1000 g/mol. The van der Waals surface area contributed by atoms with Crippen molar-refractivity contribution in [3.05, 3.63) is 65.7 Å². The molecule has 0 aliphatic heterocycles. The molecule has 0 unspecified atom stereocenters. The predicted octanol–water partition coefficient (Wildman–Crippen LogP) is -3.00. The van der Waals surface area contributed by atoms with Crippen LogP contribution in [0.4, 0.5) is 0 Å². The summed E-state index contributed by atoms with van der Waals surface area (Å²) in [5.41, 5.74) is 6.37. The summed E-state index contributed by atoms with van der Waals surface area (Å²) >= 11 is 0. The molecule has 0 aliphatic carbocycles. The van der Waals surface area contributed by atoms with Gasteiger partial charge in [0, 0.05) is 12.8 Å². The number of phenolic OH excluding ortho intramolecular Hbond substituents is 1. The number of rotatable bonds is 29. The molecule has 0 saturated heterocycles. The van der Waals surface area contributed by atoms with Crippen LogP contribution >= 0.6 is 0 Å². The standard InChI is InChI=1S/C45H61N9O17/c1-21(2)15-28(51-43(68)31(18-34(56)57)49-37(62)22(3)46)40(65)48-23(4)38(63)47-24(5)39(64)50-29(16-25-9-7-6-8-10-25)41(66)52-30(17-26-11-13-27(55)14-12-26)42(67)53-32(19-35(58)59)44(69)54-33(45(70)71)20-36(60)61/h6-14,21-24,28-33,55H,15-20,46H2,1-5H3,(H,47,63)(H,48,65)(H,49,62)(H,50,64)(H,51,68)(H,52,66)(H,53,67)(H,54,69)(H,56,57)(H,58,59)(H,60,61)(H,70,71)/t22-,23-,24-,28-,29-,30-,31-,32-,33-/m0/s1. The van der Waals surface area contributed by atoms with Gasteiger partial charge in [-0.25, -0.2) is 4.79 Å². The number of benzene rings is 2. The molecule has 15 N–H and O–H groups in total. The number of hydrogen-bond donors (Lipinski definition) is 14. The molecule has 2 aromatic carbocycles. The van der Waals surface area contributed by atoms with Crippen LogP contribution in [0.1, 0.15) is 71.4 Å². The maximum absolute atomic E-state index is 14.2. The fraction of sp³-hybridized carbons (Fsp3) is 0.467. The van der Waals surface area contributed by atoms with Gasteiger partial charge in [0.15, 0.2) is 0 Å². The average Bonchev–Trinajstić information content (AvgIpc) is 3.27. The Bertz CT molecular complexity index is 2260. The Morgan fingerprint density at radius 3 is 1.20 bits per heavy atom. The van der Waals surface area contributed by atoms with E-state index < -0.39 is 145 Å². The highest BCUT2D eigenvalue weighted by molar-refractivity contribution is 5.99. The zero-order chi connectivity index (χ0) is 53.7. The van der Waals surface area contributed by atoms with Crippen LogP contribution in [0.2, 0.25) is 0 Å². The third-order valence-corrected chi connectivity index (χ3v) is 10.2. The largest absolute Gasteiger partial charge is 0.508 e. The number of nitrogens with one attached hydrogen (secondary N) is 8. The monoisotopic (exact) mass is 999 g/mol. The Morgan fingerprint density at radius 2 is 0.761 bits per heavy atom. The van der Waals surface area contributed by atoms with E-state index in [2.05, 4.69) is 37.2 Å². The molecular weight excluding hydrogens is 939 g/mol. The highest BCUT2D eigenvalue weighted by Crippen LogP contribution is 2.13. The number of carbonyl (C=O) groups excluding carboxylic acids is 8. The molecule has 0 bridgehead atoms. The first-order valence-corrected chi connectivity index (χ1v) is 22.1. The van der Waals surface area contributed by atoms with E-state index >= 15 is 0 Å². The lowest BCUT2D eigenvalue weighted by Gasteiger charge is -2.27. The molecule has 9 atom stereocenters. The van der Waals surface area contributed by atoms with Gasteiger partial charge in [-0.15, -0.1) is 0 Å². The Kier molecular flexibility index (Phi) is 23.6. The number of phenols is 1. The Balaban J connectivity index is 2.36. The fourth-order valence-electron chi connectivity index (χ4n) is 6.45. The van der Waals surface area contributed by atoms with Crippen LogP contribution < -0.4 is 48.3 Å². The SMILES string of the molecule is CC(C)C[C@H](NC(=O)[C@H](CC(=O)O)NC(=O)[C@H](C)N)C(=O)N[C@@H](C)C(=O)N[C@@H](C)C(=O)N[C@@H](Cc1ccccc1)C(=O)N[C@@H](Cc1ccc(O)cc1)C(=O)N[C@@H](CC(=O)O)C(=O)N[C@@H](CC(=O)O)C(=O)O. The first-order chi connectivity index (χ1) is 33.2. The summed E-state index contributed by atoms with van der Waals surface area (Å²) < 4.78 is 0. The molecule has 26 heteroatoms. The third-order valence-electron chi connectivity index (χ3n) is 10.2. The van der Waals surface area contributed by atoms with Crippen LogP contribution in [0.5, 0.6) is 5.75 Å². The van der Waals surface area contributed by atoms with Gasteiger partial charge in [0.1, 0.15) is 54.1 Å². The van der Waals surface area contributed by atoms with Gasteiger partial charge in [0.2, 0.25) is 47.3 Å². The van der Waals surface area contributed by atoms with Gasteiger partial charge in [0.25, 0.3) is 0 Å². The van der Waals surface area contributed by atoms with E-state index in [9.17, 15) is 78.0 Å². The van der Waals surface area contributed by atoms with Crippen LogP contribution in [-0.4, -0.2) is 151 Å². The zero-order valence-electron chi connectivity index (χ0n) is 39.4. The normalized spacial score (nSPS) is 14.7. The van der Waals surface area contributed by atoms with Crippen molar-refractivity contribution in [1.29, 1.82) is 0 Å². The third kappa shape index (κ3) is 21.4. The highest BCUT2D eigenvalue weighted by Gasteiger charge is 2.35. The number of aliphatic carboxylic acids is 4. The number of nitrogens with two attached hydrogens (primary N) is 1. The summed E-state index contributed by atoms with van der Waals surface area (Å²) in [7, 11) is 0. The molecule has 0 radical (unpaired) electrons. The van der Waals surface area contributed by atoms with E-state index in [4.69, 9.17) is 10.8 Å². The zero-order valence-corrected chi connectivity index (χ0v) is 39.4. The second-order valence-electron chi connectivity index (χ2n) is 16.9. The second kappa shape index (κ2) is 28.4. The van der Waals surface area contributed by atoms with Crippen LogP contribution in [0, 0.1) is 5.92 Å². The molecule has 0 aliphatic rings. The molecule has 71 heavy (non-hydrogen) atoms. The fourth-order valence-corrected chi connectivity index (χ4v) is 6.45. The van der Waals surface area contributed by atoms with Crippen LogP contribution in [0.25, 0.3) is 0 Å². The van der Waals surface area contributed by atoms with Crippen molar-refractivity contribution in [3.8, 4) is 5.75 Å². The van der Waals surface area contributed by atoms with Gasteiger partial charge in [-0.05, 0) is 56.4 Å². The summed E-state index contributed by atoms with van der Waals surface area (Å²) in [5.74, 6) is -15.0. The lowest BCUT2D eigenvalue weighted by atomic mass is 10.0. The second-order valence-corrected chi connectivity index (χ2v) is 16.9. The van der Waals surface area contributed by atoms with Crippen molar-refractivity contribution in [2.45, 2.75) is 128 Å². The summed E-state index contributed by atoms with van der Waals surface area (Å²) in [6, 6.07) is -0.522. The molecule has 2 rings (SSSR count). The number of carboxylic acids is 4. The Hall–Kier alpha value is -8.16. The minimum atomic E-state index is -2.02. The number of carboxylic acid groups (broad SMARTS) is 4. The smallest absolute Gasteiger partial charge is 0.326 e. The number of carbonyl (C=O) groups is 12. The molecule has 0 spiro atoms. The summed E-state index contributed by atoms with van der Waals surface area (Å²) in [4.78, 5) is 153. The Morgan fingerprint density at radius 1 is 0.423 bits per heavy atom. The van der Waals surface area contributed by atoms with E-state index in [0.717, 1.165) is 0 Å². The van der Waals surface area contributed by atoms with E-state index in [0.29, 0.717) is 11.1 Å². The van der Waals surface area contributed by atoms with Crippen molar-refractivity contribution in [2.24, 2.45) is 11.7 Å². The molecule has 8 amide bonds. The molecule has 388 valence electrons. The molecule has 26 nitrogen and oxygen atoms in total. The van der Waals surface area contributed by atoms with Gasteiger partial charge in [0.05, 0.1) is 25.3 Å². The Labute approximate surface area is 406 Å². The van der Waals surface area contributed by atoms with E-state index in [-0.39, 0.29) is 30.9 Å². The van der Waals surface area contributed by atoms with Gasteiger partial charge >= 0.3 is 23.9 Å². The van der Waals surface area contributed by atoms with Crippen molar-refractivity contribution in [3.63, 3.8) is 0 Å². The van der Waals surface area contributed by atoms with Gasteiger partial charge in [-0.1, -0.05) is 56.3 Å². The lowest BCUT2D eigenvalue weighted by Crippen LogP contribution is -2.60. The molecule has 0 fully saturated rings. The summed E-state index contributed by atoms with van der Waals surface area (Å²) in [6.07, 6.45) is -3.63. The van der Waals surface area contributed by atoms with Crippen LogP contribution in [0.15, 0.2) is 54.6 Å². The number of aromatic hydroxyl groups is 1. The highest BCUT2D eigenvalue weighted by atomic mass is 16.4. The van der Waals surface area contributed by atoms with Crippen molar-refractivity contribution < 1.29 is 83.1 Å². The van der Waals surface area contributed by atoms with Gasteiger partial charge < -0.3 is 73.8 Å². The van der Waals surface area contributed by atoms with Gasteiger partial charge in [-0.2, -0.15) is 0 Å². The van der Waals surface area contributed by atoms with Crippen molar-refractivity contribution in [1.82, 2.24) is 42.5 Å². The van der Waals surface area contributed by atoms with Crippen LogP contribution in [0.3, 0.4) is 0 Å². The summed E-state index contributed by atoms with van der Waals surface area (Å²) in [5, 5.41) is 65.7. The van der Waals surface area contributed by atoms with Gasteiger partial charge in [-0.3, -0.25) is 52.7 Å². The maximum Gasteiger partial charge on any atom is 0.326 e. The molecule has 2 aromatic rings. The van der Waals surface area contributed by atoms with Crippen LogP contribution in [-0.2, 0) is 70.4 Å². The predicted molar refractivity (Wildman–Crippen MR) is 246 cm³/mol. The van der Waals surface area contributed by atoms with E-state index in [1.165, 1.54) is 45.0 Å². The molecule has 0 heterocycles. The first-order valence-electron chi connectivity index (χ1n) is 22.1. The molecular formula is C45H61N9O17. The minimum Gasteiger partial charge on any atom is -0.508 e. The van der Waals surface area contributed by atoms with E-state index in [1.54, 1.807) is 44.2 Å². The number of amides is 8. The van der Waals surface area contributed by atoms with Crippen molar-refractivity contribution >= 4 is 71.1 Å². The lowest BCUT2D eigenvalue weighted by molar-refractivity contribution is -0.148.